The standard InChI is InChI=1S/C19H17FN2O4/c1-11(23)22-10-15(14-8-12(20)4-6-16(14)22)19(24)21-13-5-7-17(25-2)18(9-13)26-3/h4-10H,1-3H3,(H,21,24). The molecule has 0 radical (unpaired) electrons. The summed E-state index contributed by atoms with van der Waals surface area (Å²) in [6.07, 6.45) is 1.41. The van der Waals surface area contributed by atoms with E-state index >= 15 is 0 Å². The van der Waals surface area contributed by atoms with Gasteiger partial charge in [0.15, 0.2) is 11.5 Å². The minimum Gasteiger partial charge on any atom is -0.493 e. The van der Waals surface area contributed by atoms with Crippen molar-refractivity contribution in [3.05, 3.63) is 54.0 Å². The molecule has 0 saturated heterocycles. The highest BCUT2D eigenvalue weighted by molar-refractivity contribution is 6.14. The third kappa shape index (κ3) is 3.11. The van der Waals surface area contributed by atoms with Gasteiger partial charge in [-0.05, 0) is 30.3 Å². The van der Waals surface area contributed by atoms with Gasteiger partial charge in [-0.1, -0.05) is 0 Å². The van der Waals surface area contributed by atoms with E-state index in [0.29, 0.717) is 28.1 Å². The summed E-state index contributed by atoms with van der Waals surface area (Å²) in [5.74, 6) is -0.234. The summed E-state index contributed by atoms with van der Waals surface area (Å²) in [7, 11) is 3.01. The number of carbonyl (C=O) groups is 2. The lowest BCUT2D eigenvalue weighted by atomic mass is 10.1. The monoisotopic (exact) mass is 356 g/mol. The molecular weight excluding hydrogens is 339 g/mol. The number of benzene rings is 2. The lowest BCUT2D eigenvalue weighted by Crippen LogP contribution is -2.12. The molecule has 1 amide bonds. The summed E-state index contributed by atoms with van der Waals surface area (Å²) in [6.45, 7) is 1.37. The van der Waals surface area contributed by atoms with Gasteiger partial charge in [0, 0.05) is 30.3 Å². The summed E-state index contributed by atoms with van der Waals surface area (Å²) in [6, 6.07) is 8.88. The number of aromatic nitrogens is 1. The third-order valence-corrected chi connectivity index (χ3v) is 3.99. The molecule has 0 atom stereocenters. The van der Waals surface area contributed by atoms with Gasteiger partial charge in [0.05, 0.1) is 25.3 Å². The Labute approximate surface area is 149 Å². The Kier molecular flexibility index (Phi) is 4.62. The van der Waals surface area contributed by atoms with Crippen LogP contribution >= 0.6 is 0 Å². The highest BCUT2D eigenvalue weighted by Crippen LogP contribution is 2.30. The maximum absolute atomic E-state index is 13.6. The average Bonchev–Trinajstić information content (AvgIpc) is 3.00. The Morgan fingerprint density at radius 2 is 1.77 bits per heavy atom. The van der Waals surface area contributed by atoms with Crippen LogP contribution in [0.5, 0.6) is 11.5 Å². The zero-order valence-electron chi connectivity index (χ0n) is 14.5. The highest BCUT2D eigenvalue weighted by Gasteiger charge is 2.18. The minimum absolute atomic E-state index is 0.199. The quantitative estimate of drug-likeness (QED) is 0.774. The number of anilines is 1. The van der Waals surface area contributed by atoms with Crippen LogP contribution in [-0.4, -0.2) is 30.6 Å². The summed E-state index contributed by atoms with van der Waals surface area (Å²) < 4.78 is 25.3. The molecule has 6 nitrogen and oxygen atoms in total. The van der Waals surface area contributed by atoms with E-state index < -0.39 is 11.7 Å². The molecule has 3 rings (SSSR count). The molecule has 0 unspecified atom stereocenters. The number of rotatable bonds is 4. The van der Waals surface area contributed by atoms with Gasteiger partial charge in [-0.25, -0.2) is 4.39 Å². The molecule has 0 fully saturated rings. The van der Waals surface area contributed by atoms with Crippen LogP contribution < -0.4 is 14.8 Å². The lowest BCUT2D eigenvalue weighted by Gasteiger charge is -2.10. The Morgan fingerprint density at radius 1 is 1.04 bits per heavy atom. The number of ether oxygens (including phenoxy) is 2. The van der Waals surface area contributed by atoms with Gasteiger partial charge in [0.1, 0.15) is 5.82 Å². The fourth-order valence-corrected chi connectivity index (χ4v) is 2.76. The van der Waals surface area contributed by atoms with E-state index in [-0.39, 0.29) is 11.5 Å². The van der Waals surface area contributed by atoms with E-state index in [0.717, 1.165) is 0 Å². The lowest BCUT2D eigenvalue weighted by molar-refractivity contribution is 0.0941. The number of methoxy groups -OCH3 is 2. The Hall–Kier alpha value is -3.35. The van der Waals surface area contributed by atoms with Gasteiger partial charge in [-0.3, -0.25) is 14.2 Å². The molecule has 0 saturated carbocycles. The summed E-state index contributed by atoms with van der Waals surface area (Å²) in [4.78, 5) is 24.5. The number of fused-ring (bicyclic) bond motifs is 1. The van der Waals surface area contributed by atoms with Crippen molar-refractivity contribution < 1.29 is 23.5 Å². The maximum atomic E-state index is 13.6. The van der Waals surface area contributed by atoms with Gasteiger partial charge < -0.3 is 14.8 Å². The van der Waals surface area contributed by atoms with Crippen molar-refractivity contribution in [2.24, 2.45) is 0 Å². The second-order valence-corrected chi connectivity index (χ2v) is 5.62. The normalized spacial score (nSPS) is 10.6. The van der Waals surface area contributed by atoms with Crippen molar-refractivity contribution in [1.29, 1.82) is 0 Å². The second-order valence-electron chi connectivity index (χ2n) is 5.62. The predicted molar refractivity (Wildman–Crippen MR) is 95.7 cm³/mol. The number of nitrogens with one attached hydrogen (secondary N) is 1. The van der Waals surface area contributed by atoms with Crippen LogP contribution in [0.4, 0.5) is 10.1 Å². The van der Waals surface area contributed by atoms with Crippen molar-refractivity contribution in [1.82, 2.24) is 4.57 Å². The van der Waals surface area contributed by atoms with Crippen LogP contribution in [0.3, 0.4) is 0 Å². The Bertz CT molecular complexity index is 1010. The molecular formula is C19H17FN2O4. The number of hydrogen-bond donors (Lipinski definition) is 1. The highest BCUT2D eigenvalue weighted by atomic mass is 19.1. The molecule has 0 spiro atoms. The topological polar surface area (TPSA) is 69.6 Å². The molecule has 134 valence electrons. The molecule has 26 heavy (non-hydrogen) atoms. The summed E-state index contributed by atoms with van der Waals surface area (Å²) in [5.41, 5.74) is 1.15. The number of hydrogen-bond acceptors (Lipinski definition) is 4. The Morgan fingerprint density at radius 3 is 2.42 bits per heavy atom. The van der Waals surface area contributed by atoms with Gasteiger partial charge in [-0.15, -0.1) is 0 Å². The first kappa shape index (κ1) is 17.5. The molecule has 7 heteroatoms. The zero-order chi connectivity index (χ0) is 18.8. The van der Waals surface area contributed by atoms with E-state index in [4.69, 9.17) is 9.47 Å². The molecule has 1 N–H and O–H groups in total. The number of carbonyl (C=O) groups excluding carboxylic acids is 2. The number of halogens is 1. The molecule has 0 aliphatic heterocycles. The van der Waals surface area contributed by atoms with Crippen LogP contribution in [0.2, 0.25) is 0 Å². The first-order chi connectivity index (χ1) is 12.4. The van der Waals surface area contributed by atoms with E-state index in [9.17, 15) is 14.0 Å². The van der Waals surface area contributed by atoms with Gasteiger partial charge in [0.25, 0.3) is 5.91 Å². The van der Waals surface area contributed by atoms with E-state index in [1.54, 1.807) is 18.2 Å². The van der Waals surface area contributed by atoms with Crippen LogP contribution in [0, 0.1) is 5.82 Å². The van der Waals surface area contributed by atoms with Crippen molar-refractivity contribution in [3.8, 4) is 11.5 Å². The van der Waals surface area contributed by atoms with Crippen molar-refractivity contribution in [2.45, 2.75) is 6.92 Å². The van der Waals surface area contributed by atoms with Crippen molar-refractivity contribution in [3.63, 3.8) is 0 Å². The molecule has 3 aromatic rings. The zero-order valence-corrected chi connectivity index (χ0v) is 14.5. The van der Waals surface area contributed by atoms with Gasteiger partial charge in [0.2, 0.25) is 5.91 Å². The largest absolute Gasteiger partial charge is 0.493 e. The summed E-state index contributed by atoms with van der Waals surface area (Å²) in [5, 5.41) is 3.09. The minimum atomic E-state index is -0.487. The molecule has 1 aromatic heterocycles. The fourth-order valence-electron chi connectivity index (χ4n) is 2.76. The average molecular weight is 356 g/mol. The SMILES string of the molecule is COc1ccc(NC(=O)c2cn(C(C)=O)c3ccc(F)cc23)cc1OC. The first-order valence-corrected chi connectivity index (χ1v) is 7.79. The van der Waals surface area contributed by atoms with Crippen LogP contribution in [-0.2, 0) is 0 Å². The molecule has 0 aliphatic carbocycles. The second kappa shape index (κ2) is 6.87. The maximum Gasteiger partial charge on any atom is 0.257 e. The molecule has 0 bridgehead atoms. The third-order valence-electron chi connectivity index (χ3n) is 3.99. The van der Waals surface area contributed by atoms with Gasteiger partial charge >= 0.3 is 0 Å². The molecule has 0 aliphatic rings. The summed E-state index contributed by atoms with van der Waals surface area (Å²) >= 11 is 0. The van der Waals surface area contributed by atoms with E-state index in [2.05, 4.69) is 5.32 Å². The first-order valence-electron chi connectivity index (χ1n) is 7.79. The van der Waals surface area contributed by atoms with Crippen LogP contribution in [0.25, 0.3) is 10.9 Å². The number of nitrogens with zero attached hydrogens (tertiary/aromatic N) is 1. The van der Waals surface area contributed by atoms with E-state index in [1.807, 2.05) is 0 Å². The van der Waals surface area contributed by atoms with Crippen molar-refractivity contribution >= 4 is 28.4 Å². The van der Waals surface area contributed by atoms with Crippen molar-refractivity contribution in [2.75, 3.05) is 19.5 Å². The predicted octanol–water partition coefficient (Wildman–Crippen LogP) is 3.71. The van der Waals surface area contributed by atoms with E-state index in [1.165, 1.54) is 50.1 Å². The van der Waals surface area contributed by atoms with Gasteiger partial charge in [-0.2, -0.15) is 0 Å². The van der Waals surface area contributed by atoms with Crippen LogP contribution in [0.1, 0.15) is 22.1 Å². The number of amides is 1. The van der Waals surface area contributed by atoms with Crippen LogP contribution in [0.15, 0.2) is 42.6 Å². The smallest absolute Gasteiger partial charge is 0.257 e. The Balaban J connectivity index is 2.00. The molecule has 2 aromatic carbocycles. The molecule has 1 heterocycles. The fraction of sp³-hybridized carbons (Fsp3) is 0.158.